The quantitative estimate of drug-likeness (QED) is 0.885. The van der Waals surface area contributed by atoms with Crippen molar-refractivity contribution in [3.63, 3.8) is 0 Å². The highest BCUT2D eigenvalue weighted by Gasteiger charge is 2.03. The van der Waals surface area contributed by atoms with Crippen molar-refractivity contribution in [2.45, 2.75) is 13.0 Å². The third-order valence-corrected chi connectivity index (χ3v) is 2.22. The molecule has 1 aromatic heterocycles. The molecule has 1 heterocycles. The molecule has 0 amide bonds. The number of aliphatic hydroxyl groups is 1. The molecule has 1 N–H and O–H groups in total. The molecule has 0 aliphatic rings. The molecule has 88 valence electrons. The summed E-state index contributed by atoms with van der Waals surface area (Å²) in [5.41, 5.74) is 0.566. The highest BCUT2D eigenvalue weighted by Crippen LogP contribution is 2.22. The van der Waals surface area contributed by atoms with Crippen LogP contribution in [0.1, 0.15) is 18.7 Å². The molecule has 4 heteroatoms. The van der Waals surface area contributed by atoms with Crippen LogP contribution in [-0.2, 0) is 0 Å². The van der Waals surface area contributed by atoms with Crippen molar-refractivity contribution in [1.82, 2.24) is 4.98 Å². The van der Waals surface area contributed by atoms with Gasteiger partial charge >= 0.3 is 0 Å². The Morgan fingerprint density at radius 2 is 2.06 bits per heavy atom. The maximum Gasteiger partial charge on any atom is 0.145 e. The molecular weight excluding hydrogens is 221 g/mol. The highest BCUT2D eigenvalue weighted by molar-refractivity contribution is 5.30. The fraction of sp³-hybridized carbons (Fsp3) is 0.154. The molecule has 0 saturated heterocycles. The molecule has 1 unspecified atom stereocenters. The third-order valence-electron chi connectivity index (χ3n) is 2.22. The van der Waals surface area contributed by atoms with Gasteiger partial charge < -0.3 is 9.84 Å². The number of aliphatic hydroxyl groups excluding tert-OH is 1. The summed E-state index contributed by atoms with van der Waals surface area (Å²) in [6.45, 7) is 1.63. The van der Waals surface area contributed by atoms with Gasteiger partial charge in [0.25, 0.3) is 0 Å². The van der Waals surface area contributed by atoms with E-state index in [4.69, 9.17) is 4.74 Å². The van der Waals surface area contributed by atoms with Crippen molar-refractivity contribution in [1.29, 1.82) is 0 Å². The molecule has 2 rings (SSSR count). The Morgan fingerprint density at radius 1 is 1.24 bits per heavy atom. The molecule has 0 bridgehead atoms. The maximum absolute atomic E-state index is 12.9. The third kappa shape index (κ3) is 3.01. The zero-order valence-corrected chi connectivity index (χ0v) is 9.30. The van der Waals surface area contributed by atoms with E-state index >= 15 is 0 Å². The average molecular weight is 233 g/mol. The van der Waals surface area contributed by atoms with E-state index < -0.39 is 6.10 Å². The Hall–Kier alpha value is -1.94. The predicted octanol–water partition coefficient (Wildman–Crippen LogP) is 3.07. The molecular formula is C13H12FNO2. The Morgan fingerprint density at radius 3 is 2.65 bits per heavy atom. The van der Waals surface area contributed by atoms with Gasteiger partial charge in [0.1, 0.15) is 17.3 Å². The first-order valence-electron chi connectivity index (χ1n) is 5.22. The smallest absolute Gasteiger partial charge is 0.145 e. The van der Waals surface area contributed by atoms with E-state index in [0.29, 0.717) is 17.2 Å². The van der Waals surface area contributed by atoms with Gasteiger partial charge in [-0.05, 0) is 31.2 Å². The minimum Gasteiger partial charge on any atom is -0.456 e. The second-order valence-electron chi connectivity index (χ2n) is 3.65. The van der Waals surface area contributed by atoms with Crippen molar-refractivity contribution in [3.8, 4) is 11.5 Å². The lowest BCUT2D eigenvalue weighted by Gasteiger charge is -2.07. The summed E-state index contributed by atoms with van der Waals surface area (Å²) in [6, 6.07) is 9.22. The fourth-order valence-corrected chi connectivity index (χ4v) is 1.37. The van der Waals surface area contributed by atoms with Crippen molar-refractivity contribution in [2.24, 2.45) is 0 Å². The minimum absolute atomic E-state index is 0.351. The van der Waals surface area contributed by atoms with Crippen LogP contribution in [-0.4, -0.2) is 10.1 Å². The molecule has 2 aromatic rings. The Balaban J connectivity index is 2.14. The molecule has 0 spiro atoms. The van der Waals surface area contributed by atoms with Gasteiger partial charge in [0, 0.05) is 6.07 Å². The van der Waals surface area contributed by atoms with E-state index in [1.807, 2.05) is 0 Å². The summed E-state index contributed by atoms with van der Waals surface area (Å²) in [4.78, 5) is 4.03. The molecule has 0 aliphatic heterocycles. The molecule has 0 radical (unpaired) electrons. The van der Waals surface area contributed by atoms with Crippen molar-refractivity contribution >= 4 is 0 Å². The number of halogens is 1. The fourth-order valence-electron chi connectivity index (χ4n) is 1.37. The van der Waals surface area contributed by atoms with Crippen LogP contribution in [0.4, 0.5) is 4.39 Å². The number of benzene rings is 1. The standard InChI is InChI=1S/C13H12FNO2/c1-9(16)13-6-5-12(8-15-13)17-11-4-2-3-10(14)7-11/h2-9,16H,1H3. The summed E-state index contributed by atoms with van der Waals surface area (Å²) in [5.74, 6) is 0.563. The van der Waals surface area contributed by atoms with E-state index in [0.717, 1.165) is 0 Å². The lowest BCUT2D eigenvalue weighted by Crippen LogP contribution is -1.95. The summed E-state index contributed by atoms with van der Waals surface area (Å²) >= 11 is 0. The van der Waals surface area contributed by atoms with Gasteiger partial charge in [0.05, 0.1) is 18.0 Å². The van der Waals surface area contributed by atoms with Gasteiger partial charge in [0.2, 0.25) is 0 Å². The number of aromatic nitrogens is 1. The second kappa shape index (κ2) is 4.93. The van der Waals surface area contributed by atoms with Gasteiger partial charge in [-0.15, -0.1) is 0 Å². The van der Waals surface area contributed by atoms with Crippen molar-refractivity contribution in [2.75, 3.05) is 0 Å². The first-order valence-corrected chi connectivity index (χ1v) is 5.22. The Kier molecular flexibility index (Phi) is 3.35. The molecule has 3 nitrogen and oxygen atoms in total. The van der Waals surface area contributed by atoms with Crippen LogP contribution >= 0.6 is 0 Å². The zero-order valence-electron chi connectivity index (χ0n) is 9.30. The second-order valence-corrected chi connectivity index (χ2v) is 3.65. The van der Waals surface area contributed by atoms with E-state index in [2.05, 4.69) is 4.98 Å². The topological polar surface area (TPSA) is 42.4 Å². The highest BCUT2D eigenvalue weighted by atomic mass is 19.1. The SMILES string of the molecule is CC(O)c1ccc(Oc2cccc(F)c2)cn1. The monoisotopic (exact) mass is 233 g/mol. The van der Waals surface area contributed by atoms with Crippen LogP contribution < -0.4 is 4.74 Å². The lowest BCUT2D eigenvalue weighted by molar-refractivity contribution is 0.194. The van der Waals surface area contributed by atoms with Crippen LogP contribution in [0.5, 0.6) is 11.5 Å². The number of hydrogen-bond donors (Lipinski definition) is 1. The summed E-state index contributed by atoms with van der Waals surface area (Å²) in [6.07, 6.45) is 0.880. The molecule has 0 aliphatic carbocycles. The molecule has 1 atom stereocenters. The van der Waals surface area contributed by atoms with Crippen LogP contribution in [0.25, 0.3) is 0 Å². The van der Waals surface area contributed by atoms with Crippen LogP contribution in [0.3, 0.4) is 0 Å². The molecule has 0 fully saturated rings. The Bertz CT molecular complexity index is 497. The Labute approximate surface area is 98.5 Å². The van der Waals surface area contributed by atoms with Gasteiger partial charge in [-0.3, -0.25) is 4.98 Å². The number of nitrogens with zero attached hydrogens (tertiary/aromatic N) is 1. The van der Waals surface area contributed by atoms with Crippen molar-refractivity contribution in [3.05, 3.63) is 54.1 Å². The number of ether oxygens (including phenoxy) is 1. The van der Waals surface area contributed by atoms with Gasteiger partial charge in [-0.2, -0.15) is 0 Å². The first kappa shape index (κ1) is 11.5. The van der Waals surface area contributed by atoms with Crippen LogP contribution in [0, 0.1) is 5.82 Å². The number of hydrogen-bond acceptors (Lipinski definition) is 3. The average Bonchev–Trinajstić information content (AvgIpc) is 2.29. The maximum atomic E-state index is 12.9. The minimum atomic E-state index is -0.613. The van der Waals surface area contributed by atoms with E-state index in [-0.39, 0.29) is 5.82 Å². The molecule has 0 saturated carbocycles. The van der Waals surface area contributed by atoms with E-state index in [1.54, 1.807) is 31.2 Å². The summed E-state index contributed by atoms with van der Waals surface area (Å²) < 4.78 is 18.3. The first-order chi connectivity index (χ1) is 8.15. The largest absolute Gasteiger partial charge is 0.456 e. The predicted molar refractivity (Wildman–Crippen MR) is 61.3 cm³/mol. The van der Waals surface area contributed by atoms with Crippen LogP contribution in [0.2, 0.25) is 0 Å². The zero-order chi connectivity index (χ0) is 12.3. The summed E-state index contributed by atoms with van der Waals surface area (Å²) in [5, 5.41) is 9.29. The molecule has 17 heavy (non-hydrogen) atoms. The van der Waals surface area contributed by atoms with Gasteiger partial charge in [-0.1, -0.05) is 6.07 Å². The molecule has 1 aromatic carbocycles. The number of pyridine rings is 1. The van der Waals surface area contributed by atoms with Crippen LogP contribution in [0.15, 0.2) is 42.6 Å². The lowest BCUT2D eigenvalue weighted by atomic mass is 10.2. The summed E-state index contributed by atoms with van der Waals surface area (Å²) in [7, 11) is 0. The van der Waals surface area contributed by atoms with E-state index in [9.17, 15) is 9.50 Å². The van der Waals surface area contributed by atoms with Crippen molar-refractivity contribution < 1.29 is 14.2 Å². The van der Waals surface area contributed by atoms with Gasteiger partial charge in [-0.25, -0.2) is 4.39 Å². The van der Waals surface area contributed by atoms with Gasteiger partial charge in [0.15, 0.2) is 0 Å². The van der Waals surface area contributed by atoms with E-state index in [1.165, 1.54) is 18.3 Å². The number of rotatable bonds is 3. The normalized spacial score (nSPS) is 12.2.